The molecule has 3 aromatic rings. The predicted molar refractivity (Wildman–Crippen MR) is 99.4 cm³/mol. The molecular weight excluding hydrogens is 330 g/mol. The van der Waals surface area contributed by atoms with Crippen LogP contribution in [0.3, 0.4) is 0 Å². The summed E-state index contributed by atoms with van der Waals surface area (Å²) in [7, 11) is 0. The van der Waals surface area contributed by atoms with E-state index in [2.05, 4.69) is 20.4 Å². The Hall–Kier alpha value is -3.68. The van der Waals surface area contributed by atoms with Crippen molar-refractivity contribution in [1.29, 1.82) is 0 Å². The second-order valence-electron chi connectivity index (χ2n) is 5.79. The summed E-state index contributed by atoms with van der Waals surface area (Å²) in [6, 6.07) is 5.71. The summed E-state index contributed by atoms with van der Waals surface area (Å²) < 4.78 is 3.70. The highest BCUT2D eigenvalue weighted by atomic mass is 16.1. The third kappa shape index (κ3) is 3.12. The molecule has 0 aliphatic heterocycles. The summed E-state index contributed by atoms with van der Waals surface area (Å²) >= 11 is 0. The van der Waals surface area contributed by atoms with Gasteiger partial charge in [-0.3, -0.25) is 4.79 Å². The van der Waals surface area contributed by atoms with Gasteiger partial charge in [-0.05, 0) is 24.3 Å². The zero-order chi connectivity index (χ0) is 17.9. The molecule has 0 bridgehead atoms. The van der Waals surface area contributed by atoms with Gasteiger partial charge in [-0.25, -0.2) is 14.5 Å². The summed E-state index contributed by atoms with van der Waals surface area (Å²) in [6.45, 7) is 1.39. The summed E-state index contributed by atoms with van der Waals surface area (Å²) in [5, 5.41) is 7.83. The lowest BCUT2D eigenvalue weighted by atomic mass is 10.1. The standard InChI is InChI=1S/C18H17N7O/c19-13-4-5-14(16(26)11-13)22-17-15-3-1-2-8-25(15)23-18(17)21-7-10-24-9-6-20-12-24/h1-6,8-9,11-12H,7,10,19H2,(H,21,23). The van der Waals surface area contributed by atoms with Crippen LogP contribution >= 0.6 is 0 Å². The van der Waals surface area contributed by atoms with Gasteiger partial charge in [0.25, 0.3) is 0 Å². The Kier molecular flexibility index (Phi) is 4.06. The Bertz CT molecular complexity index is 1040. The Morgan fingerprint density at radius 2 is 2.15 bits per heavy atom. The zero-order valence-corrected chi connectivity index (χ0v) is 13.9. The second-order valence-corrected chi connectivity index (χ2v) is 5.79. The number of anilines is 1. The molecule has 130 valence electrons. The largest absolute Gasteiger partial charge is 0.399 e. The van der Waals surface area contributed by atoms with Crippen LogP contribution in [0.5, 0.6) is 0 Å². The number of aliphatic imine (C=N–C) groups is 1. The van der Waals surface area contributed by atoms with Gasteiger partial charge in [0.2, 0.25) is 5.78 Å². The molecule has 0 spiro atoms. The third-order valence-electron chi connectivity index (χ3n) is 3.95. The Morgan fingerprint density at radius 1 is 1.23 bits per heavy atom. The van der Waals surface area contributed by atoms with Crippen LogP contribution in [0.4, 0.5) is 11.5 Å². The average Bonchev–Trinajstić information content (AvgIpc) is 3.26. The molecule has 4 rings (SSSR count). The van der Waals surface area contributed by atoms with Crippen LogP contribution < -0.4 is 11.1 Å². The fourth-order valence-corrected chi connectivity index (χ4v) is 2.68. The van der Waals surface area contributed by atoms with E-state index in [1.807, 2.05) is 35.2 Å². The fraction of sp³-hybridized carbons (Fsp3) is 0.111. The van der Waals surface area contributed by atoms with E-state index >= 15 is 0 Å². The number of fused-ring (bicyclic) bond motifs is 1. The maximum atomic E-state index is 12.2. The lowest BCUT2D eigenvalue weighted by molar-refractivity contribution is -0.108. The summed E-state index contributed by atoms with van der Waals surface area (Å²) in [5.41, 5.74) is 7.85. The maximum absolute atomic E-state index is 12.2. The monoisotopic (exact) mass is 347 g/mol. The normalized spacial score (nSPS) is 15.6. The highest BCUT2D eigenvalue weighted by Gasteiger charge is 2.16. The van der Waals surface area contributed by atoms with Gasteiger partial charge in [-0.15, -0.1) is 5.10 Å². The van der Waals surface area contributed by atoms with Crippen LogP contribution in [0.15, 0.2) is 72.0 Å². The van der Waals surface area contributed by atoms with Crippen molar-refractivity contribution < 1.29 is 4.79 Å². The number of carbonyl (C=O) groups excluding carboxylic acids is 1. The molecule has 0 aromatic carbocycles. The van der Waals surface area contributed by atoms with Crippen molar-refractivity contribution in [3.8, 4) is 0 Å². The van der Waals surface area contributed by atoms with E-state index in [1.165, 1.54) is 6.08 Å². The number of hydrogen-bond acceptors (Lipinski definition) is 6. The smallest absolute Gasteiger partial charge is 0.206 e. The summed E-state index contributed by atoms with van der Waals surface area (Å²) in [4.78, 5) is 20.7. The molecule has 3 heterocycles. The van der Waals surface area contributed by atoms with Gasteiger partial charge in [0.1, 0.15) is 11.4 Å². The van der Waals surface area contributed by atoms with Crippen LogP contribution in [-0.2, 0) is 11.3 Å². The van der Waals surface area contributed by atoms with Crippen molar-refractivity contribution in [2.75, 3.05) is 11.9 Å². The lowest BCUT2D eigenvalue weighted by Crippen LogP contribution is -2.15. The lowest BCUT2D eigenvalue weighted by Gasteiger charge is -2.06. The zero-order valence-electron chi connectivity index (χ0n) is 13.9. The van der Waals surface area contributed by atoms with Crippen LogP contribution in [0.25, 0.3) is 5.52 Å². The van der Waals surface area contributed by atoms with E-state index in [0.29, 0.717) is 29.5 Å². The molecule has 26 heavy (non-hydrogen) atoms. The van der Waals surface area contributed by atoms with Gasteiger partial charge in [-0.1, -0.05) is 6.07 Å². The van der Waals surface area contributed by atoms with Crippen molar-refractivity contribution in [1.82, 2.24) is 19.2 Å². The molecule has 8 nitrogen and oxygen atoms in total. The van der Waals surface area contributed by atoms with Crippen molar-refractivity contribution >= 4 is 28.5 Å². The number of nitrogens with two attached hydrogens (primary N) is 1. The van der Waals surface area contributed by atoms with Crippen LogP contribution in [-0.4, -0.2) is 37.2 Å². The first-order valence-electron chi connectivity index (χ1n) is 8.16. The minimum atomic E-state index is -0.218. The van der Waals surface area contributed by atoms with E-state index in [-0.39, 0.29) is 5.78 Å². The van der Waals surface area contributed by atoms with Crippen molar-refractivity contribution in [2.45, 2.75) is 6.54 Å². The SMILES string of the molecule is NC1=CC(=O)C(=Nc2c(NCCn3ccnc3)nn3ccccc23)C=C1. The molecule has 0 unspecified atom stereocenters. The molecule has 0 atom stereocenters. The van der Waals surface area contributed by atoms with Crippen LogP contribution in [0, 0.1) is 0 Å². The molecule has 0 amide bonds. The molecule has 0 fully saturated rings. The fourth-order valence-electron chi connectivity index (χ4n) is 2.68. The van der Waals surface area contributed by atoms with E-state index in [0.717, 1.165) is 12.1 Å². The van der Waals surface area contributed by atoms with E-state index < -0.39 is 0 Å². The molecule has 1 aliphatic carbocycles. The van der Waals surface area contributed by atoms with E-state index in [9.17, 15) is 4.79 Å². The Labute approximate surface area is 149 Å². The van der Waals surface area contributed by atoms with E-state index in [4.69, 9.17) is 5.73 Å². The second kappa shape index (κ2) is 6.67. The predicted octanol–water partition coefficient (Wildman–Crippen LogP) is 1.70. The Morgan fingerprint density at radius 3 is 2.96 bits per heavy atom. The molecule has 0 radical (unpaired) electrons. The van der Waals surface area contributed by atoms with Gasteiger partial charge in [0, 0.05) is 43.5 Å². The maximum Gasteiger partial charge on any atom is 0.206 e. The average molecular weight is 347 g/mol. The third-order valence-corrected chi connectivity index (χ3v) is 3.95. The molecule has 0 saturated carbocycles. The number of nitrogens with one attached hydrogen (secondary N) is 1. The van der Waals surface area contributed by atoms with Gasteiger partial charge < -0.3 is 15.6 Å². The van der Waals surface area contributed by atoms with Gasteiger partial charge in [0.05, 0.1) is 11.8 Å². The number of nitrogens with zero attached hydrogens (tertiary/aromatic N) is 5. The van der Waals surface area contributed by atoms with Crippen molar-refractivity contribution in [2.24, 2.45) is 10.7 Å². The number of hydrogen-bond donors (Lipinski definition) is 2. The molecule has 8 heteroatoms. The van der Waals surface area contributed by atoms with Crippen molar-refractivity contribution in [3.05, 3.63) is 67.0 Å². The van der Waals surface area contributed by atoms with Crippen LogP contribution in [0.1, 0.15) is 0 Å². The van der Waals surface area contributed by atoms with Crippen molar-refractivity contribution in [3.63, 3.8) is 0 Å². The Balaban J connectivity index is 1.66. The van der Waals surface area contributed by atoms with Crippen LogP contribution in [0.2, 0.25) is 0 Å². The number of rotatable bonds is 5. The first-order chi connectivity index (χ1) is 12.7. The summed E-state index contributed by atoms with van der Waals surface area (Å²) in [5.74, 6) is 0.400. The highest BCUT2D eigenvalue weighted by Crippen LogP contribution is 2.30. The number of ketones is 1. The van der Waals surface area contributed by atoms with Gasteiger partial charge in [-0.2, -0.15) is 0 Å². The molecule has 3 N–H and O–H groups in total. The molecule has 1 aliphatic rings. The number of aromatic nitrogens is 4. The molecule has 0 saturated heterocycles. The number of imidazole rings is 1. The number of pyridine rings is 1. The topological polar surface area (TPSA) is 103 Å². The highest BCUT2D eigenvalue weighted by molar-refractivity contribution is 6.49. The number of carbonyl (C=O) groups is 1. The summed E-state index contributed by atoms with van der Waals surface area (Å²) in [6.07, 6.45) is 11.9. The van der Waals surface area contributed by atoms with E-state index in [1.54, 1.807) is 29.2 Å². The number of allylic oxidation sites excluding steroid dienone is 3. The first kappa shape index (κ1) is 15.8. The minimum Gasteiger partial charge on any atom is -0.399 e. The molecular formula is C18H17N7O. The minimum absolute atomic E-state index is 0.218. The molecule has 3 aromatic heterocycles. The quantitative estimate of drug-likeness (QED) is 0.684. The van der Waals surface area contributed by atoms with Gasteiger partial charge in [0.15, 0.2) is 5.82 Å². The van der Waals surface area contributed by atoms with Gasteiger partial charge >= 0.3 is 0 Å². The first-order valence-corrected chi connectivity index (χ1v) is 8.16.